The van der Waals surface area contributed by atoms with Gasteiger partial charge in [-0.05, 0) is 31.8 Å². The summed E-state index contributed by atoms with van der Waals surface area (Å²) in [6, 6.07) is 0. The molecule has 0 radical (unpaired) electrons. The van der Waals surface area contributed by atoms with Crippen molar-refractivity contribution >= 4 is 0 Å². The third-order valence-corrected chi connectivity index (χ3v) is 2.41. The van der Waals surface area contributed by atoms with Crippen LogP contribution in [0.4, 0.5) is 0 Å². The molecule has 0 aliphatic heterocycles. The Balaban J connectivity index is 2.73. The number of hydrogen-bond acceptors (Lipinski definition) is 2. The SMILES string of the molecule is C=C1CCCC[C@@](C)(O)[C@H]1O. The van der Waals surface area contributed by atoms with Crippen LogP contribution in [0.15, 0.2) is 12.2 Å². The Labute approximate surface area is 67.6 Å². The monoisotopic (exact) mass is 156 g/mol. The van der Waals surface area contributed by atoms with E-state index < -0.39 is 11.7 Å². The van der Waals surface area contributed by atoms with Crippen molar-refractivity contribution in [2.45, 2.75) is 44.3 Å². The summed E-state index contributed by atoms with van der Waals surface area (Å²) < 4.78 is 0. The maximum atomic E-state index is 9.68. The molecule has 2 atom stereocenters. The van der Waals surface area contributed by atoms with E-state index in [2.05, 4.69) is 6.58 Å². The predicted octanol–water partition coefficient (Wildman–Crippen LogP) is 1.23. The first-order valence-corrected chi connectivity index (χ1v) is 4.12. The van der Waals surface area contributed by atoms with E-state index in [1.807, 2.05) is 0 Å². The molecule has 0 bridgehead atoms. The van der Waals surface area contributed by atoms with E-state index in [9.17, 15) is 10.2 Å². The topological polar surface area (TPSA) is 40.5 Å². The molecule has 0 aromatic rings. The van der Waals surface area contributed by atoms with Crippen LogP contribution in [-0.4, -0.2) is 21.9 Å². The van der Waals surface area contributed by atoms with Gasteiger partial charge in [0.2, 0.25) is 0 Å². The molecule has 0 saturated heterocycles. The summed E-state index contributed by atoms with van der Waals surface area (Å²) >= 11 is 0. The molecule has 1 saturated carbocycles. The molecule has 1 aliphatic rings. The average Bonchev–Trinajstić information content (AvgIpc) is 2.03. The van der Waals surface area contributed by atoms with Crippen LogP contribution in [0.5, 0.6) is 0 Å². The summed E-state index contributed by atoms with van der Waals surface area (Å²) in [6.45, 7) is 5.42. The third kappa shape index (κ3) is 1.82. The molecule has 2 N–H and O–H groups in total. The van der Waals surface area contributed by atoms with Gasteiger partial charge in [-0.3, -0.25) is 0 Å². The maximum Gasteiger partial charge on any atom is 0.103 e. The van der Waals surface area contributed by atoms with E-state index in [0.717, 1.165) is 24.8 Å². The molecule has 0 aromatic carbocycles. The summed E-state index contributed by atoms with van der Waals surface area (Å²) in [6.07, 6.45) is 2.80. The summed E-state index contributed by atoms with van der Waals surface area (Å²) in [4.78, 5) is 0. The zero-order valence-corrected chi connectivity index (χ0v) is 7.01. The predicted molar refractivity (Wildman–Crippen MR) is 44.2 cm³/mol. The van der Waals surface area contributed by atoms with Crippen molar-refractivity contribution in [1.29, 1.82) is 0 Å². The van der Waals surface area contributed by atoms with Crippen molar-refractivity contribution in [3.8, 4) is 0 Å². The van der Waals surface area contributed by atoms with Gasteiger partial charge in [0.25, 0.3) is 0 Å². The molecule has 1 rings (SSSR count). The van der Waals surface area contributed by atoms with Crippen LogP contribution in [0.3, 0.4) is 0 Å². The van der Waals surface area contributed by atoms with Gasteiger partial charge in [0.1, 0.15) is 6.10 Å². The van der Waals surface area contributed by atoms with Gasteiger partial charge in [-0.15, -0.1) is 0 Å². The first-order valence-electron chi connectivity index (χ1n) is 4.12. The molecule has 1 fully saturated rings. The van der Waals surface area contributed by atoms with Crippen LogP contribution in [0.25, 0.3) is 0 Å². The second kappa shape index (κ2) is 2.95. The fourth-order valence-corrected chi connectivity index (χ4v) is 1.55. The van der Waals surface area contributed by atoms with Crippen LogP contribution in [-0.2, 0) is 0 Å². The Kier molecular flexibility index (Phi) is 2.35. The second-order valence-electron chi connectivity index (χ2n) is 3.63. The minimum absolute atomic E-state index is 0.674. The van der Waals surface area contributed by atoms with E-state index in [1.54, 1.807) is 6.92 Å². The van der Waals surface area contributed by atoms with E-state index in [-0.39, 0.29) is 0 Å². The van der Waals surface area contributed by atoms with E-state index in [1.165, 1.54) is 0 Å². The van der Waals surface area contributed by atoms with Gasteiger partial charge in [0.15, 0.2) is 0 Å². The zero-order valence-electron chi connectivity index (χ0n) is 7.01. The van der Waals surface area contributed by atoms with Gasteiger partial charge in [0, 0.05) is 0 Å². The summed E-state index contributed by atoms with van der Waals surface area (Å²) in [5.74, 6) is 0. The van der Waals surface area contributed by atoms with Crippen LogP contribution in [0, 0.1) is 0 Å². The largest absolute Gasteiger partial charge is 0.387 e. The van der Waals surface area contributed by atoms with Gasteiger partial charge in [-0.1, -0.05) is 13.0 Å². The summed E-state index contributed by atoms with van der Waals surface area (Å²) in [5, 5.41) is 19.2. The summed E-state index contributed by atoms with van der Waals surface area (Å²) in [5.41, 5.74) is -0.180. The van der Waals surface area contributed by atoms with Crippen molar-refractivity contribution in [1.82, 2.24) is 0 Å². The van der Waals surface area contributed by atoms with Gasteiger partial charge in [0.05, 0.1) is 5.60 Å². The van der Waals surface area contributed by atoms with Crippen molar-refractivity contribution in [2.75, 3.05) is 0 Å². The Bertz CT molecular complexity index is 161. The van der Waals surface area contributed by atoms with Crippen molar-refractivity contribution in [3.05, 3.63) is 12.2 Å². The average molecular weight is 156 g/mol. The van der Waals surface area contributed by atoms with E-state index in [0.29, 0.717) is 6.42 Å². The Hall–Kier alpha value is -0.340. The Morgan fingerprint density at radius 2 is 2.18 bits per heavy atom. The lowest BCUT2D eigenvalue weighted by atomic mass is 9.92. The number of hydrogen-bond donors (Lipinski definition) is 2. The highest BCUT2D eigenvalue weighted by molar-refractivity contribution is 5.10. The highest BCUT2D eigenvalue weighted by Crippen LogP contribution is 2.29. The normalized spacial score (nSPS) is 40.3. The molecule has 64 valence electrons. The molecule has 0 heterocycles. The fourth-order valence-electron chi connectivity index (χ4n) is 1.55. The molecule has 0 aromatic heterocycles. The molecule has 0 amide bonds. The molecular weight excluding hydrogens is 140 g/mol. The molecule has 0 spiro atoms. The van der Waals surface area contributed by atoms with Crippen molar-refractivity contribution < 1.29 is 10.2 Å². The number of rotatable bonds is 0. The van der Waals surface area contributed by atoms with Gasteiger partial charge in [-0.25, -0.2) is 0 Å². The molecule has 0 unspecified atom stereocenters. The fraction of sp³-hybridized carbons (Fsp3) is 0.778. The maximum absolute atomic E-state index is 9.68. The molecule has 1 aliphatic carbocycles. The lowest BCUT2D eigenvalue weighted by molar-refractivity contribution is -0.0460. The highest BCUT2D eigenvalue weighted by atomic mass is 16.3. The van der Waals surface area contributed by atoms with Gasteiger partial charge >= 0.3 is 0 Å². The van der Waals surface area contributed by atoms with Crippen LogP contribution < -0.4 is 0 Å². The van der Waals surface area contributed by atoms with E-state index in [4.69, 9.17) is 0 Å². The first-order chi connectivity index (χ1) is 5.04. The molecule has 11 heavy (non-hydrogen) atoms. The lowest BCUT2D eigenvalue weighted by Gasteiger charge is -2.27. The minimum atomic E-state index is -0.951. The zero-order chi connectivity index (χ0) is 8.48. The molecular formula is C9H16O2. The Morgan fingerprint density at radius 3 is 2.82 bits per heavy atom. The quantitative estimate of drug-likeness (QED) is 0.409. The second-order valence-corrected chi connectivity index (χ2v) is 3.63. The van der Waals surface area contributed by atoms with Crippen molar-refractivity contribution in [3.63, 3.8) is 0 Å². The lowest BCUT2D eigenvalue weighted by Crippen LogP contribution is -2.38. The Morgan fingerprint density at radius 1 is 1.55 bits per heavy atom. The molecule has 2 nitrogen and oxygen atoms in total. The van der Waals surface area contributed by atoms with Gasteiger partial charge in [-0.2, -0.15) is 0 Å². The van der Waals surface area contributed by atoms with Crippen LogP contribution in [0.1, 0.15) is 32.6 Å². The highest BCUT2D eigenvalue weighted by Gasteiger charge is 2.33. The first kappa shape index (κ1) is 8.75. The summed E-state index contributed by atoms with van der Waals surface area (Å²) in [7, 11) is 0. The number of aliphatic hydroxyl groups excluding tert-OH is 1. The van der Waals surface area contributed by atoms with Gasteiger partial charge < -0.3 is 10.2 Å². The van der Waals surface area contributed by atoms with E-state index >= 15 is 0 Å². The minimum Gasteiger partial charge on any atom is -0.387 e. The van der Waals surface area contributed by atoms with Crippen molar-refractivity contribution in [2.24, 2.45) is 0 Å². The smallest absolute Gasteiger partial charge is 0.103 e. The third-order valence-electron chi connectivity index (χ3n) is 2.41. The van der Waals surface area contributed by atoms with Crippen LogP contribution in [0.2, 0.25) is 0 Å². The van der Waals surface area contributed by atoms with Crippen LogP contribution >= 0.6 is 0 Å². The molecule has 2 heteroatoms. The standard InChI is InChI=1S/C9H16O2/c1-7-5-3-4-6-9(2,11)8(7)10/h8,10-11H,1,3-6H2,2H3/t8-,9+/m0/s1. The number of aliphatic hydroxyl groups is 2.